The average Bonchev–Trinajstić information content (AvgIpc) is 2.83. The van der Waals surface area contributed by atoms with Crippen LogP contribution in [0.2, 0.25) is 0 Å². The number of amides is 2. The number of carboxylic acids is 1. The van der Waals surface area contributed by atoms with Crippen LogP contribution < -0.4 is 10.6 Å². The van der Waals surface area contributed by atoms with Crippen LogP contribution in [-0.4, -0.2) is 26.9 Å². The smallest absolute Gasteiger partial charge is 0.325 e. The van der Waals surface area contributed by atoms with Gasteiger partial charge >= 0.3 is 12.0 Å². The molecule has 0 aliphatic heterocycles. The summed E-state index contributed by atoms with van der Waals surface area (Å²) in [5.41, 5.74) is 1.000. The SMILES string of the molecule is O=C(O)Cn1cc(NC(=O)NCc2cccc(F)c2)cn1. The average molecular weight is 292 g/mol. The third kappa shape index (κ3) is 4.60. The van der Waals surface area contributed by atoms with E-state index in [-0.39, 0.29) is 18.9 Å². The van der Waals surface area contributed by atoms with Gasteiger partial charge in [0.25, 0.3) is 0 Å². The van der Waals surface area contributed by atoms with Gasteiger partial charge in [-0.25, -0.2) is 9.18 Å². The van der Waals surface area contributed by atoms with Gasteiger partial charge in [-0.15, -0.1) is 0 Å². The van der Waals surface area contributed by atoms with E-state index in [1.807, 2.05) is 0 Å². The number of aliphatic carboxylic acids is 1. The van der Waals surface area contributed by atoms with Gasteiger partial charge in [0, 0.05) is 12.7 Å². The molecule has 110 valence electrons. The predicted octanol–water partition coefficient (Wildman–Crippen LogP) is 1.43. The second-order valence-electron chi connectivity index (χ2n) is 4.26. The van der Waals surface area contributed by atoms with Gasteiger partial charge in [0.2, 0.25) is 0 Å². The number of benzene rings is 1. The summed E-state index contributed by atoms with van der Waals surface area (Å²) < 4.78 is 14.1. The van der Waals surface area contributed by atoms with Gasteiger partial charge in [0.15, 0.2) is 0 Å². The van der Waals surface area contributed by atoms with Crippen molar-refractivity contribution in [2.24, 2.45) is 0 Å². The molecule has 1 aromatic carbocycles. The minimum Gasteiger partial charge on any atom is -0.480 e. The highest BCUT2D eigenvalue weighted by atomic mass is 19.1. The number of carboxylic acid groups (broad SMARTS) is 1. The Balaban J connectivity index is 1.84. The fourth-order valence-corrected chi connectivity index (χ4v) is 1.66. The molecule has 0 radical (unpaired) electrons. The quantitative estimate of drug-likeness (QED) is 0.776. The molecule has 2 rings (SSSR count). The van der Waals surface area contributed by atoms with Gasteiger partial charge in [0.05, 0.1) is 11.9 Å². The summed E-state index contributed by atoms with van der Waals surface area (Å²) >= 11 is 0. The van der Waals surface area contributed by atoms with E-state index >= 15 is 0 Å². The maximum absolute atomic E-state index is 13.0. The molecule has 0 aliphatic carbocycles. The molecule has 21 heavy (non-hydrogen) atoms. The van der Waals surface area contributed by atoms with E-state index in [0.29, 0.717) is 11.3 Å². The molecule has 7 nitrogen and oxygen atoms in total. The van der Waals surface area contributed by atoms with E-state index in [2.05, 4.69) is 15.7 Å². The molecular formula is C13H13FN4O3. The number of aromatic nitrogens is 2. The highest BCUT2D eigenvalue weighted by Gasteiger charge is 2.06. The molecule has 0 spiro atoms. The second-order valence-corrected chi connectivity index (χ2v) is 4.26. The number of nitrogens with zero attached hydrogens (tertiary/aromatic N) is 2. The van der Waals surface area contributed by atoms with Crippen LogP contribution in [0.15, 0.2) is 36.7 Å². The lowest BCUT2D eigenvalue weighted by Gasteiger charge is -2.06. The number of anilines is 1. The Labute approximate surface area is 119 Å². The minimum absolute atomic E-state index is 0.173. The summed E-state index contributed by atoms with van der Waals surface area (Å²) in [5.74, 6) is -1.40. The molecule has 0 bridgehead atoms. The van der Waals surface area contributed by atoms with Crippen molar-refractivity contribution < 1.29 is 19.1 Å². The zero-order chi connectivity index (χ0) is 15.2. The van der Waals surface area contributed by atoms with Crippen LogP contribution in [0.25, 0.3) is 0 Å². The summed E-state index contributed by atoms with van der Waals surface area (Å²) in [4.78, 5) is 22.1. The molecule has 0 fully saturated rings. The van der Waals surface area contributed by atoms with Crippen LogP contribution in [0.4, 0.5) is 14.9 Å². The van der Waals surface area contributed by atoms with E-state index in [0.717, 1.165) is 0 Å². The van der Waals surface area contributed by atoms with Gasteiger partial charge in [-0.2, -0.15) is 5.10 Å². The normalized spacial score (nSPS) is 10.1. The van der Waals surface area contributed by atoms with E-state index in [1.165, 1.54) is 29.2 Å². The molecule has 0 unspecified atom stereocenters. The Morgan fingerprint density at radius 2 is 2.19 bits per heavy atom. The molecule has 1 heterocycles. The highest BCUT2D eigenvalue weighted by molar-refractivity contribution is 5.88. The summed E-state index contributed by atoms with van der Waals surface area (Å²) in [6.07, 6.45) is 2.74. The van der Waals surface area contributed by atoms with Gasteiger partial charge in [0.1, 0.15) is 12.4 Å². The van der Waals surface area contributed by atoms with Crippen LogP contribution in [0.3, 0.4) is 0 Å². The van der Waals surface area contributed by atoms with Gasteiger partial charge in [-0.05, 0) is 17.7 Å². The van der Waals surface area contributed by atoms with Crippen molar-refractivity contribution in [2.45, 2.75) is 13.1 Å². The van der Waals surface area contributed by atoms with Crippen molar-refractivity contribution in [1.29, 1.82) is 0 Å². The summed E-state index contributed by atoms with van der Waals surface area (Å²) in [5, 5.41) is 17.4. The first-order chi connectivity index (χ1) is 10.0. The lowest BCUT2D eigenvalue weighted by atomic mass is 10.2. The van der Waals surface area contributed by atoms with Crippen molar-refractivity contribution in [1.82, 2.24) is 15.1 Å². The van der Waals surface area contributed by atoms with E-state index in [1.54, 1.807) is 12.1 Å². The maximum atomic E-state index is 13.0. The Kier molecular flexibility index (Phi) is 4.50. The zero-order valence-electron chi connectivity index (χ0n) is 10.9. The molecule has 0 saturated carbocycles. The lowest BCUT2D eigenvalue weighted by Crippen LogP contribution is -2.28. The van der Waals surface area contributed by atoms with Crippen molar-refractivity contribution in [3.8, 4) is 0 Å². The summed E-state index contributed by atoms with van der Waals surface area (Å²) in [7, 11) is 0. The van der Waals surface area contributed by atoms with Crippen molar-refractivity contribution in [2.75, 3.05) is 5.32 Å². The van der Waals surface area contributed by atoms with E-state index < -0.39 is 12.0 Å². The number of carbonyl (C=O) groups excluding carboxylic acids is 1. The maximum Gasteiger partial charge on any atom is 0.325 e. The summed E-state index contributed by atoms with van der Waals surface area (Å²) in [6.45, 7) is -0.112. The van der Waals surface area contributed by atoms with E-state index in [9.17, 15) is 14.0 Å². The number of carbonyl (C=O) groups is 2. The Morgan fingerprint density at radius 3 is 2.90 bits per heavy atom. The zero-order valence-corrected chi connectivity index (χ0v) is 10.9. The summed E-state index contributed by atoms with van der Waals surface area (Å²) in [6, 6.07) is 5.40. The monoisotopic (exact) mass is 292 g/mol. The highest BCUT2D eigenvalue weighted by Crippen LogP contribution is 2.05. The Hall–Kier alpha value is -2.90. The fraction of sp³-hybridized carbons (Fsp3) is 0.154. The number of nitrogens with one attached hydrogen (secondary N) is 2. The Morgan fingerprint density at radius 1 is 1.38 bits per heavy atom. The Bertz CT molecular complexity index is 656. The molecule has 1 aromatic heterocycles. The van der Waals surface area contributed by atoms with Crippen LogP contribution in [0.1, 0.15) is 5.56 Å². The van der Waals surface area contributed by atoms with Crippen LogP contribution in [-0.2, 0) is 17.9 Å². The first kappa shape index (κ1) is 14.5. The number of rotatable bonds is 5. The predicted molar refractivity (Wildman–Crippen MR) is 72.1 cm³/mol. The van der Waals surface area contributed by atoms with Crippen LogP contribution in [0.5, 0.6) is 0 Å². The van der Waals surface area contributed by atoms with Crippen molar-refractivity contribution >= 4 is 17.7 Å². The lowest BCUT2D eigenvalue weighted by molar-refractivity contribution is -0.137. The molecule has 2 amide bonds. The van der Waals surface area contributed by atoms with Gasteiger partial charge in [-0.1, -0.05) is 12.1 Å². The molecule has 0 saturated heterocycles. The molecule has 2 aromatic rings. The van der Waals surface area contributed by atoms with Gasteiger partial charge in [-0.3, -0.25) is 9.48 Å². The fourth-order valence-electron chi connectivity index (χ4n) is 1.66. The number of halogens is 1. The van der Waals surface area contributed by atoms with Crippen molar-refractivity contribution in [3.05, 3.63) is 48.0 Å². The molecular weight excluding hydrogens is 279 g/mol. The standard InChI is InChI=1S/C13H13FN4O3/c14-10-3-1-2-9(4-10)5-15-13(21)17-11-6-16-18(7-11)8-12(19)20/h1-4,6-7H,5,8H2,(H,19,20)(H2,15,17,21). The third-order valence-electron chi connectivity index (χ3n) is 2.53. The first-order valence-corrected chi connectivity index (χ1v) is 6.06. The van der Waals surface area contributed by atoms with Crippen molar-refractivity contribution in [3.63, 3.8) is 0 Å². The third-order valence-corrected chi connectivity index (χ3v) is 2.53. The van der Waals surface area contributed by atoms with E-state index in [4.69, 9.17) is 5.11 Å². The number of hydrogen-bond donors (Lipinski definition) is 3. The number of urea groups is 1. The van der Waals surface area contributed by atoms with Gasteiger partial charge < -0.3 is 15.7 Å². The molecule has 0 aliphatic rings. The largest absolute Gasteiger partial charge is 0.480 e. The number of hydrogen-bond acceptors (Lipinski definition) is 3. The topological polar surface area (TPSA) is 96.2 Å². The van der Waals surface area contributed by atoms with Crippen LogP contribution >= 0.6 is 0 Å². The molecule has 3 N–H and O–H groups in total. The first-order valence-electron chi connectivity index (χ1n) is 6.06. The second kappa shape index (κ2) is 6.51. The molecule has 8 heteroatoms. The molecule has 0 atom stereocenters. The van der Waals surface area contributed by atoms with Crippen LogP contribution in [0, 0.1) is 5.82 Å². The minimum atomic E-state index is -1.03.